The molecule has 5 rings (SSSR count). The highest BCUT2D eigenvalue weighted by molar-refractivity contribution is 6.15. The SMILES string of the molecule is O=C(c1c(-c2ccccc2)[nH]c2ccc(-c3ccccc3)cc12)C1CC1. The fraction of sp³-hybridized carbons (Fsp3) is 0.125. The van der Waals surface area contributed by atoms with Crippen LogP contribution in [0.1, 0.15) is 23.2 Å². The average molecular weight is 337 g/mol. The van der Waals surface area contributed by atoms with Crippen LogP contribution < -0.4 is 0 Å². The van der Waals surface area contributed by atoms with Crippen molar-refractivity contribution >= 4 is 16.7 Å². The van der Waals surface area contributed by atoms with Gasteiger partial charge in [-0.25, -0.2) is 0 Å². The van der Waals surface area contributed by atoms with E-state index in [0.29, 0.717) is 0 Å². The van der Waals surface area contributed by atoms with Crippen LogP contribution in [0.15, 0.2) is 78.9 Å². The van der Waals surface area contributed by atoms with E-state index in [4.69, 9.17) is 0 Å². The van der Waals surface area contributed by atoms with Gasteiger partial charge >= 0.3 is 0 Å². The van der Waals surface area contributed by atoms with E-state index in [1.807, 2.05) is 36.4 Å². The Balaban J connectivity index is 1.75. The van der Waals surface area contributed by atoms with Gasteiger partial charge in [-0.05, 0) is 41.7 Å². The molecule has 0 unspecified atom stereocenters. The Bertz CT molecular complexity index is 1090. The molecule has 1 aliphatic carbocycles. The molecule has 26 heavy (non-hydrogen) atoms. The van der Waals surface area contributed by atoms with Crippen molar-refractivity contribution in [2.24, 2.45) is 5.92 Å². The first-order valence-corrected chi connectivity index (χ1v) is 9.12. The number of carbonyl (C=O) groups excluding carboxylic acids is 1. The molecule has 126 valence electrons. The van der Waals surface area contributed by atoms with E-state index < -0.39 is 0 Å². The number of hydrogen-bond donors (Lipinski definition) is 1. The molecular weight excluding hydrogens is 318 g/mol. The van der Waals surface area contributed by atoms with Crippen molar-refractivity contribution in [2.45, 2.75) is 12.8 Å². The summed E-state index contributed by atoms with van der Waals surface area (Å²) >= 11 is 0. The third kappa shape index (κ3) is 2.55. The van der Waals surface area contributed by atoms with Crippen LogP contribution in [0.2, 0.25) is 0 Å². The van der Waals surface area contributed by atoms with Gasteiger partial charge in [0, 0.05) is 16.8 Å². The number of hydrogen-bond acceptors (Lipinski definition) is 1. The van der Waals surface area contributed by atoms with Crippen LogP contribution in [-0.4, -0.2) is 10.8 Å². The van der Waals surface area contributed by atoms with Crippen molar-refractivity contribution in [3.63, 3.8) is 0 Å². The Labute approximate surface area is 152 Å². The highest BCUT2D eigenvalue weighted by Crippen LogP contribution is 2.40. The minimum Gasteiger partial charge on any atom is -0.354 e. The van der Waals surface area contributed by atoms with E-state index in [0.717, 1.165) is 46.1 Å². The molecular formula is C24H19NO. The molecule has 0 radical (unpaired) electrons. The smallest absolute Gasteiger partial charge is 0.168 e. The second kappa shape index (κ2) is 5.99. The summed E-state index contributed by atoms with van der Waals surface area (Å²) in [4.78, 5) is 16.6. The van der Waals surface area contributed by atoms with Crippen molar-refractivity contribution in [3.05, 3.63) is 84.4 Å². The number of benzene rings is 3. The molecule has 0 spiro atoms. The number of Topliss-reactive ketones (excluding diaryl/α,β-unsaturated/α-hetero) is 1. The highest BCUT2D eigenvalue weighted by Gasteiger charge is 2.34. The van der Waals surface area contributed by atoms with Gasteiger partial charge in [-0.1, -0.05) is 66.7 Å². The molecule has 1 N–H and O–H groups in total. The molecule has 0 saturated heterocycles. The van der Waals surface area contributed by atoms with E-state index in [1.165, 1.54) is 5.56 Å². The van der Waals surface area contributed by atoms with Gasteiger partial charge in [0.25, 0.3) is 0 Å². The third-order valence-electron chi connectivity index (χ3n) is 5.16. The molecule has 0 aliphatic heterocycles. The van der Waals surface area contributed by atoms with Crippen molar-refractivity contribution < 1.29 is 4.79 Å². The number of aromatic amines is 1. The standard InChI is InChI=1S/C24H19NO/c26-24(18-11-12-18)22-20-15-19(16-7-3-1-4-8-16)13-14-21(20)25-23(22)17-9-5-2-6-10-17/h1-10,13-15,18,25H,11-12H2. The normalized spacial score (nSPS) is 13.8. The van der Waals surface area contributed by atoms with Gasteiger partial charge in [0.15, 0.2) is 5.78 Å². The lowest BCUT2D eigenvalue weighted by atomic mass is 9.97. The summed E-state index contributed by atoms with van der Waals surface area (Å²) in [6, 6.07) is 26.8. The molecule has 1 fully saturated rings. The number of rotatable bonds is 4. The van der Waals surface area contributed by atoms with Crippen molar-refractivity contribution in [3.8, 4) is 22.4 Å². The first-order valence-electron chi connectivity index (χ1n) is 9.12. The molecule has 0 amide bonds. The number of aromatic nitrogens is 1. The van der Waals surface area contributed by atoms with Crippen LogP contribution in [0, 0.1) is 5.92 Å². The molecule has 1 saturated carbocycles. The summed E-state index contributed by atoms with van der Waals surface area (Å²) in [5.41, 5.74) is 6.19. The Kier molecular flexibility index (Phi) is 3.49. The average Bonchev–Trinajstić information content (AvgIpc) is 3.49. The number of carbonyl (C=O) groups is 1. The van der Waals surface area contributed by atoms with Gasteiger partial charge < -0.3 is 4.98 Å². The predicted molar refractivity (Wildman–Crippen MR) is 106 cm³/mol. The Morgan fingerprint density at radius 2 is 1.42 bits per heavy atom. The Morgan fingerprint density at radius 1 is 0.769 bits per heavy atom. The zero-order valence-electron chi connectivity index (χ0n) is 14.4. The summed E-state index contributed by atoms with van der Waals surface area (Å²) < 4.78 is 0. The molecule has 3 aromatic carbocycles. The molecule has 1 aromatic heterocycles. The summed E-state index contributed by atoms with van der Waals surface area (Å²) in [6.45, 7) is 0. The molecule has 0 atom stereocenters. The Morgan fingerprint density at radius 3 is 2.08 bits per heavy atom. The second-order valence-electron chi connectivity index (χ2n) is 7.01. The van der Waals surface area contributed by atoms with Crippen LogP contribution in [0.3, 0.4) is 0 Å². The monoisotopic (exact) mass is 337 g/mol. The lowest BCUT2D eigenvalue weighted by Gasteiger charge is -2.05. The zero-order valence-corrected chi connectivity index (χ0v) is 14.4. The number of H-pyrrole nitrogens is 1. The summed E-state index contributed by atoms with van der Waals surface area (Å²) in [5.74, 6) is 0.470. The van der Waals surface area contributed by atoms with E-state index in [9.17, 15) is 4.79 Å². The maximum absolute atomic E-state index is 13.1. The molecule has 1 aliphatic rings. The molecule has 0 bridgehead atoms. The largest absolute Gasteiger partial charge is 0.354 e. The summed E-state index contributed by atoms with van der Waals surface area (Å²) in [5, 5.41) is 1.03. The maximum Gasteiger partial charge on any atom is 0.168 e. The van der Waals surface area contributed by atoms with Crippen LogP contribution in [-0.2, 0) is 0 Å². The number of nitrogens with one attached hydrogen (secondary N) is 1. The summed E-state index contributed by atoms with van der Waals surface area (Å²) in [6.07, 6.45) is 2.02. The topological polar surface area (TPSA) is 32.9 Å². The fourth-order valence-corrected chi connectivity index (χ4v) is 3.63. The van der Waals surface area contributed by atoms with Crippen LogP contribution in [0.5, 0.6) is 0 Å². The van der Waals surface area contributed by atoms with Gasteiger partial charge in [-0.2, -0.15) is 0 Å². The number of fused-ring (bicyclic) bond motifs is 1. The first-order chi connectivity index (χ1) is 12.8. The fourth-order valence-electron chi connectivity index (χ4n) is 3.63. The van der Waals surface area contributed by atoms with E-state index in [2.05, 4.69) is 47.4 Å². The van der Waals surface area contributed by atoms with Crippen LogP contribution in [0.25, 0.3) is 33.3 Å². The van der Waals surface area contributed by atoms with E-state index >= 15 is 0 Å². The zero-order chi connectivity index (χ0) is 17.5. The highest BCUT2D eigenvalue weighted by atomic mass is 16.1. The van der Waals surface area contributed by atoms with E-state index in [1.54, 1.807) is 0 Å². The number of ketones is 1. The van der Waals surface area contributed by atoms with Gasteiger partial charge in [0.1, 0.15) is 0 Å². The quantitative estimate of drug-likeness (QED) is 0.449. The molecule has 4 aromatic rings. The van der Waals surface area contributed by atoms with E-state index in [-0.39, 0.29) is 11.7 Å². The molecule has 2 nitrogen and oxygen atoms in total. The van der Waals surface area contributed by atoms with Crippen LogP contribution in [0.4, 0.5) is 0 Å². The van der Waals surface area contributed by atoms with Crippen molar-refractivity contribution in [2.75, 3.05) is 0 Å². The lowest BCUT2D eigenvalue weighted by molar-refractivity contribution is 0.0970. The van der Waals surface area contributed by atoms with Gasteiger partial charge in [0.05, 0.1) is 11.3 Å². The second-order valence-corrected chi connectivity index (χ2v) is 7.01. The first kappa shape index (κ1) is 15.2. The maximum atomic E-state index is 13.1. The minimum absolute atomic E-state index is 0.192. The molecule has 2 heteroatoms. The Hall–Kier alpha value is -3.13. The minimum atomic E-state index is 0.192. The van der Waals surface area contributed by atoms with Gasteiger partial charge in [-0.15, -0.1) is 0 Å². The third-order valence-corrected chi connectivity index (χ3v) is 5.16. The van der Waals surface area contributed by atoms with Crippen LogP contribution >= 0.6 is 0 Å². The summed E-state index contributed by atoms with van der Waals surface area (Å²) in [7, 11) is 0. The molecule has 1 heterocycles. The van der Waals surface area contributed by atoms with Gasteiger partial charge in [0.2, 0.25) is 0 Å². The predicted octanol–water partition coefficient (Wildman–Crippen LogP) is 6.09. The van der Waals surface area contributed by atoms with Crippen molar-refractivity contribution in [1.29, 1.82) is 0 Å². The van der Waals surface area contributed by atoms with Gasteiger partial charge in [-0.3, -0.25) is 4.79 Å². The van der Waals surface area contributed by atoms with Crippen molar-refractivity contribution in [1.82, 2.24) is 4.98 Å². The lowest BCUT2D eigenvalue weighted by Crippen LogP contribution is -2.02.